The van der Waals surface area contributed by atoms with Crippen LogP contribution in [-0.4, -0.2) is 17.2 Å². The second-order valence-corrected chi connectivity index (χ2v) is 3.68. The molecule has 0 spiro atoms. The minimum atomic E-state index is -1.04. The minimum Gasteiger partial charge on any atom is -0.374 e. The smallest absolute Gasteiger partial charge is 0.0626 e. The van der Waals surface area contributed by atoms with E-state index in [1.54, 1.807) is 0 Å². The monoisotopic (exact) mass is 156 g/mol. The van der Waals surface area contributed by atoms with Crippen LogP contribution < -0.4 is 0 Å². The molecule has 0 fully saturated rings. The SMILES string of the molecule is N#CCCP(O)CCC#N. The van der Waals surface area contributed by atoms with Crippen LogP contribution in [0.25, 0.3) is 0 Å². The first-order valence-electron chi connectivity index (χ1n) is 2.99. The molecule has 0 unspecified atom stereocenters. The fourth-order valence-electron chi connectivity index (χ4n) is 0.470. The van der Waals surface area contributed by atoms with Crippen LogP contribution in [0.4, 0.5) is 0 Å². The van der Waals surface area contributed by atoms with Crippen LogP contribution in [0.3, 0.4) is 0 Å². The maximum absolute atomic E-state index is 9.07. The van der Waals surface area contributed by atoms with E-state index in [4.69, 9.17) is 15.4 Å². The topological polar surface area (TPSA) is 67.8 Å². The van der Waals surface area contributed by atoms with E-state index in [9.17, 15) is 0 Å². The van der Waals surface area contributed by atoms with E-state index in [0.29, 0.717) is 25.2 Å². The van der Waals surface area contributed by atoms with E-state index in [1.165, 1.54) is 0 Å². The fourth-order valence-corrected chi connectivity index (χ4v) is 1.41. The Morgan fingerprint density at radius 3 is 1.80 bits per heavy atom. The van der Waals surface area contributed by atoms with Gasteiger partial charge in [0.05, 0.1) is 12.1 Å². The first-order chi connectivity index (χ1) is 4.81. The molecule has 4 heteroatoms. The van der Waals surface area contributed by atoms with E-state index in [2.05, 4.69) is 0 Å². The van der Waals surface area contributed by atoms with Crippen molar-refractivity contribution in [2.45, 2.75) is 12.8 Å². The summed E-state index contributed by atoms with van der Waals surface area (Å²) < 4.78 is 0. The summed E-state index contributed by atoms with van der Waals surface area (Å²) in [7, 11) is -1.04. The predicted octanol–water partition coefficient (Wildman–Crippen LogP) is 1.20. The van der Waals surface area contributed by atoms with Crippen molar-refractivity contribution < 1.29 is 4.89 Å². The maximum Gasteiger partial charge on any atom is 0.0626 e. The lowest BCUT2D eigenvalue weighted by Crippen LogP contribution is -1.86. The Labute approximate surface area is 61.7 Å². The van der Waals surface area contributed by atoms with Crippen molar-refractivity contribution >= 4 is 8.15 Å². The van der Waals surface area contributed by atoms with Gasteiger partial charge in [-0.1, -0.05) is 0 Å². The molecule has 0 radical (unpaired) electrons. The van der Waals surface area contributed by atoms with Crippen LogP contribution in [0.5, 0.6) is 0 Å². The average Bonchev–Trinajstić information content (AvgIpc) is 1.97. The van der Waals surface area contributed by atoms with Gasteiger partial charge in [-0.3, -0.25) is 0 Å². The second kappa shape index (κ2) is 6.49. The first kappa shape index (κ1) is 9.37. The van der Waals surface area contributed by atoms with E-state index < -0.39 is 8.15 Å². The molecule has 0 aromatic heterocycles. The molecule has 0 atom stereocenters. The molecule has 0 bridgehead atoms. The quantitative estimate of drug-likeness (QED) is 0.622. The molecule has 0 saturated carbocycles. The third-order valence-corrected chi connectivity index (χ3v) is 2.44. The Morgan fingerprint density at radius 1 is 1.10 bits per heavy atom. The van der Waals surface area contributed by atoms with Gasteiger partial charge in [0, 0.05) is 33.3 Å². The van der Waals surface area contributed by atoms with Gasteiger partial charge in [0.15, 0.2) is 0 Å². The molecule has 3 nitrogen and oxygen atoms in total. The van der Waals surface area contributed by atoms with E-state index in [0.717, 1.165) is 0 Å². The van der Waals surface area contributed by atoms with Crippen molar-refractivity contribution in [3.63, 3.8) is 0 Å². The largest absolute Gasteiger partial charge is 0.374 e. The number of hydrogen-bond donors (Lipinski definition) is 1. The first-order valence-corrected chi connectivity index (χ1v) is 4.65. The van der Waals surface area contributed by atoms with Crippen molar-refractivity contribution in [1.82, 2.24) is 0 Å². The second-order valence-electron chi connectivity index (χ2n) is 1.77. The summed E-state index contributed by atoms with van der Waals surface area (Å²) in [5.74, 6) is 0. The average molecular weight is 156 g/mol. The zero-order chi connectivity index (χ0) is 7.82. The fraction of sp³-hybridized carbons (Fsp3) is 0.667. The highest BCUT2D eigenvalue weighted by molar-refractivity contribution is 7.51. The van der Waals surface area contributed by atoms with E-state index in [-0.39, 0.29) is 0 Å². The lowest BCUT2D eigenvalue weighted by Gasteiger charge is -2.02. The summed E-state index contributed by atoms with van der Waals surface area (Å²) in [4.78, 5) is 9.07. The van der Waals surface area contributed by atoms with E-state index >= 15 is 0 Å². The molecule has 0 aliphatic heterocycles. The predicted molar refractivity (Wildman–Crippen MR) is 39.3 cm³/mol. The molecule has 54 valence electrons. The molecule has 0 amide bonds. The molecule has 10 heavy (non-hydrogen) atoms. The molecule has 0 heterocycles. The van der Waals surface area contributed by atoms with Gasteiger partial charge in [0.1, 0.15) is 0 Å². The van der Waals surface area contributed by atoms with Gasteiger partial charge in [0.2, 0.25) is 0 Å². The van der Waals surface area contributed by atoms with Crippen LogP contribution in [0.2, 0.25) is 0 Å². The highest BCUT2D eigenvalue weighted by Crippen LogP contribution is 2.30. The Bertz CT molecular complexity index is 140. The molecule has 0 aromatic carbocycles. The number of rotatable bonds is 4. The van der Waals surface area contributed by atoms with Gasteiger partial charge in [-0.25, -0.2) is 0 Å². The molecule has 0 aliphatic carbocycles. The molecule has 0 saturated heterocycles. The Kier molecular flexibility index (Phi) is 6.08. The van der Waals surface area contributed by atoms with E-state index in [1.807, 2.05) is 12.1 Å². The van der Waals surface area contributed by atoms with Crippen LogP contribution in [-0.2, 0) is 0 Å². The van der Waals surface area contributed by atoms with Crippen molar-refractivity contribution in [2.75, 3.05) is 12.3 Å². The number of hydrogen-bond acceptors (Lipinski definition) is 3. The van der Waals surface area contributed by atoms with Crippen molar-refractivity contribution in [1.29, 1.82) is 10.5 Å². The molecular weight excluding hydrogens is 147 g/mol. The van der Waals surface area contributed by atoms with Crippen molar-refractivity contribution in [3.8, 4) is 12.1 Å². The summed E-state index contributed by atoms with van der Waals surface area (Å²) in [5.41, 5.74) is 0. The lowest BCUT2D eigenvalue weighted by molar-refractivity contribution is 0.622. The number of nitriles is 2. The van der Waals surface area contributed by atoms with Crippen LogP contribution in [0, 0.1) is 22.7 Å². The Balaban J connectivity index is 3.20. The van der Waals surface area contributed by atoms with Gasteiger partial charge in [-0.05, 0) is 0 Å². The summed E-state index contributed by atoms with van der Waals surface area (Å²) >= 11 is 0. The van der Waals surface area contributed by atoms with Gasteiger partial charge in [-0.2, -0.15) is 10.5 Å². The van der Waals surface area contributed by atoms with Crippen molar-refractivity contribution in [3.05, 3.63) is 0 Å². The van der Waals surface area contributed by atoms with Crippen LogP contribution >= 0.6 is 8.15 Å². The Morgan fingerprint density at radius 2 is 1.50 bits per heavy atom. The van der Waals surface area contributed by atoms with Gasteiger partial charge in [-0.15, -0.1) is 0 Å². The Hall–Kier alpha value is -0.630. The normalized spacial score (nSPS) is 8.80. The summed E-state index contributed by atoms with van der Waals surface area (Å²) in [6.45, 7) is 0. The molecular formula is C6H9N2OP. The third kappa shape index (κ3) is 5.51. The maximum atomic E-state index is 9.07. The minimum absolute atomic E-state index is 0.396. The molecule has 0 rings (SSSR count). The van der Waals surface area contributed by atoms with Crippen LogP contribution in [0.1, 0.15) is 12.8 Å². The zero-order valence-corrected chi connectivity index (χ0v) is 6.51. The summed E-state index contributed by atoms with van der Waals surface area (Å²) in [6, 6.07) is 3.90. The number of nitrogens with zero attached hydrogens (tertiary/aromatic N) is 2. The standard InChI is InChI=1S/C6H9N2OP/c7-3-1-5-10(9)6-2-4-8/h9H,1-2,5-6H2. The van der Waals surface area contributed by atoms with Crippen molar-refractivity contribution in [2.24, 2.45) is 0 Å². The van der Waals surface area contributed by atoms with Gasteiger partial charge in [0.25, 0.3) is 0 Å². The highest BCUT2D eigenvalue weighted by atomic mass is 31.1. The summed E-state index contributed by atoms with van der Waals surface area (Å²) in [5, 5.41) is 16.2. The van der Waals surface area contributed by atoms with Gasteiger partial charge < -0.3 is 4.89 Å². The summed E-state index contributed by atoms with van der Waals surface area (Å²) in [6.07, 6.45) is 1.89. The molecule has 1 N–H and O–H groups in total. The molecule has 0 aliphatic rings. The molecule has 0 aromatic rings. The third-order valence-electron chi connectivity index (χ3n) is 0.963. The zero-order valence-electron chi connectivity index (χ0n) is 5.62. The van der Waals surface area contributed by atoms with Gasteiger partial charge >= 0.3 is 0 Å². The highest BCUT2D eigenvalue weighted by Gasteiger charge is 2.01. The lowest BCUT2D eigenvalue weighted by atomic mass is 10.5. The van der Waals surface area contributed by atoms with Crippen LogP contribution in [0.15, 0.2) is 0 Å².